The molecule has 0 aromatic carbocycles. The van der Waals surface area contributed by atoms with Crippen LogP contribution in [0.3, 0.4) is 0 Å². The molecule has 1 aliphatic heterocycles. The number of hydrogen-bond donors (Lipinski definition) is 0. The van der Waals surface area contributed by atoms with E-state index in [9.17, 15) is 13.2 Å². The van der Waals surface area contributed by atoms with Crippen molar-refractivity contribution in [1.29, 1.82) is 0 Å². The molecule has 10 heavy (non-hydrogen) atoms. The first-order chi connectivity index (χ1) is 4.64. The lowest BCUT2D eigenvalue weighted by molar-refractivity contribution is 0.495. The summed E-state index contributed by atoms with van der Waals surface area (Å²) in [4.78, 5) is 10.1. The van der Waals surface area contributed by atoms with E-state index in [1.807, 2.05) is 6.29 Å². The Hall–Kier alpha value is -0.380. The van der Waals surface area contributed by atoms with E-state index in [1.165, 1.54) is 0 Å². The molecule has 1 aliphatic rings. The Balaban J connectivity index is 2.54. The van der Waals surface area contributed by atoms with Gasteiger partial charge in [0.2, 0.25) is 6.29 Å². The SMILES string of the molecule is O=[C]C1CCS(=O)(=O)CC1. The molecule has 1 rings (SSSR count). The predicted octanol–water partition coefficient (Wildman–Crippen LogP) is -0.0791. The summed E-state index contributed by atoms with van der Waals surface area (Å²) in [6.07, 6.45) is 2.76. The Morgan fingerprint density at radius 1 is 1.20 bits per heavy atom. The smallest absolute Gasteiger partial charge is 0.201 e. The number of rotatable bonds is 1. The molecule has 0 N–H and O–H groups in total. The molecule has 0 saturated carbocycles. The van der Waals surface area contributed by atoms with Crippen LogP contribution in [0.25, 0.3) is 0 Å². The topological polar surface area (TPSA) is 51.2 Å². The van der Waals surface area contributed by atoms with Crippen LogP contribution < -0.4 is 0 Å². The van der Waals surface area contributed by atoms with Crippen molar-refractivity contribution in [2.75, 3.05) is 11.5 Å². The standard InChI is InChI=1S/C6H9O3S/c7-5-6-1-3-10(8,9)4-2-6/h6H,1-4H2. The second kappa shape index (κ2) is 2.70. The lowest BCUT2D eigenvalue weighted by atomic mass is 10.1. The molecule has 0 atom stereocenters. The number of carbonyl (C=O) groups excluding carboxylic acids is 1. The van der Waals surface area contributed by atoms with Gasteiger partial charge in [0.05, 0.1) is 11.5 Å². The molecule has 0 spiro atoms. The summed E-state index contributed by atoms with van der Waals surface area (Å²) in [6, 6.07) is 0. The Morgan fingerprint density at radius 2 is 1.70 bits per heavy atom. The van der Waals surface area contributed by atoms with Gasteiger partial charge in [-0.2, -0.15) is 0 Å². The lowest BCUT2D eigenvalue weighted by Gasteiger charge is -2.14. The first-order valence-electron chi connectivity index (χ1n) is 3.22. The lowest BCUT2D eigenvalue weighted by Crippen LogP contribution is -2.23. The van der Waals surface area contributed by atoms with Crippen LogP contribution in [-0.4, -0.2) is 26.2 Å². The fraction of sp³-hybridized carbons (Fsp3) is 0.833. The zero-order chi connectivity index (χ0) is 7.61. The van der Waals surface area contributed by atoms with Gasteiger partial charge >= 0.3 is 0 Å². The maximum Gasteiger partial charge on any atom is 0.201 e. The summed E-state index contributed by atoms with van der Waals surface area (Å²) in [7, 11) is -2.80. The highest BCUT2D eigenvalue weighted by Crippen LogP contribution is 2.15. The molecular weight excluding hydrogens is 152 g/mol. The largest absolute Gasteiger partial charge is 0.291 e. The molecule has 0 aromatic heterocycles. The van der Waals surface area contributed by atoms with Crippen LogP contribution in [0.5, 0.6) is 0 Å². The van der Waals surface area contributed by atoms with Crippen LogP contribution in [0.2, 0.25) is 0 Å². The normalized spacial score (nSPS) is 26.0. The van der Waals surface area contributed by atoms with E-state index in [0.717, 1.165) is 0 Å². The van der Waals surface area contributed by atoms with Gasteiger partial charge in [0.1, 0.15) is 9.84 Å². The minimum atomic E-state index is -2.80. The molecule has 57 valence electrons. The van der Waals surface area contributed by atoms with Gasteiger partial charge in [-0.15, -0.1) is 0 Å². The monoisotopic (exact) mass is 161 g/mol. The van der Waals surface area contributed by atoms with Crippen molar-refractivity contribution in [3.8, 4) is 0 Å². The molecule has 0 aliphatic carbocycles. The van der Waals surface area contributed by atoms with Gasteiger partial charge in [-0.25, -0.2) is 8.42 Å². The summed E-state index contributed by atoms with van der Waals surface area (Å²) in [5, 5.41) is 0. The number of sulfone groups is 1. The van der Waals surface area contributed by atoms with E-state index in [1.54, 1.807) is 0 Å². The highest BCUT2D eigenvalue weighted by molar-refractivity contribution is 7.91. The molecule has 0 amide bonds. The minimum absolute atomic E-state index is 0.136. The average molecular weight is 161 g/mol. The maximum atomic E-state index is 10.8. The van der Waals surface area contributed by atoms with E-state index in [0.29, 0.717) is 12.8 Å². The highest BCUT2D eigenvalue weighted by atomic mass is 32.2. The van der Waals surface area contributed by atoms with Gasteiger partial charge < -0.3 is 0 Å². The van der Waals surface area contributed by atoms with Gasteiger partial charge in [-0.1, -0.05) is 0 Å². The van der Waals surface area contributed by atoms with Crippen molar-refractivity contribution in [2.45, 2.75) is 12.8 Å². The first-order valence-corrected chi connectivity index (χ1v) is 5.04. The summed E-state index contributed by atoms with van der Waals surface area (Å²) < 4.78 is 21.6. The van der Waals surface area contributed by atoms with Crippen LogP contribution in [0.1, 0.15) is 12.8 Å². The minimum Gasteiger partial charge on any atom is -0.291 e. The molecule has 1 radical (unpaired) electrons. The predicted molar refractivity (Wildman–Crippen MR) is 37.1 cm³/mol. The van der Waals surface area contributed by atoms with E-state index in [-0.39, 0.29) is 17.4 Å². The van der Waals surface area contributed by atoms with Gasteiger partial charge in [-0.05, 0) is 12.8 Å². The van der Waals surface area contributed by atoms with Crippen molar-refractivity contribution < 1.29 is 13.2 Å². The van der Waals surface area contributed by atoms with Crippen molar-refractivity contribution >= 4 is 16.1 Å². The van der Waals surface area contributed by atoms with Crippen LogP contribution in [0, 0.1) is 5.92 Å². The molecule has 3 nitrogen and oxygen atoms in total. The van der Waals surface area contributed by atoms with Crippen molar-refractivity contribution in [3.63, 3.8) is 0 Å². The summed E-state index contributed by atoms with van der Waals surface area (Å²) in [6.45, 7) is 0. The Morgan fingerprint density at radius 3 is 2.10 bits per heavy atom. The second-order valence-electron chi connectivity index (χ2n) is 2.54. The van der Waals surface area contributed by atoms with E-state index in [2.05, 4.69) is 0 Å². The van der Waals surface area contributed by atoms with E-state index in [4.69, 9.17) is 0 Å². The fourth-order valence-electron chi connectivity index (χ4n) is 1.01. The molecule has 0 aromatic rings. The second-order valence-corrected chi connectivity index (χ2v) is 4.85. The maximum absolute atomic E-state index is 10.8. The van der Waals surface area contributed by atoms with Gasteiger partial charge in [0.15, 0.2) is 0 Å². The van der Waals surface area contributed by atoms with E-state index >= 15 is 0 Å². The Labute approximate surface area is 60.3 Å². The summed E-state index contributed by atoms with van der Waals surface area (Å²) in [5.41, 5.74) is 0. The Kier molecular flexibility index (Phi) is 2.08. The molecule has 0 bridgehead atoms. The van der Waals surface area contributed by atoms with Gasteiger partial charge in [0, 0.05) is 5.92 Å². The van der Waals surface area contributed by atoms with Crippen molar-refractivity contribution in [1.82, 2.24) is 0 Å². The third kappa shape index (κ3) is 1.80. The molecule has 1 heterocycles. The average Bonchev–Trinajstić information content (AvgIpc) is 1.88. The Bertz CT molecular complexity index is 203. The van der Waals surface area contributed by atoms with Crippen LogP contribution in [-0.2, 0) is 14.6 Å². The van der Waals surface area contributed by atoms with E-state index < -0.39 is 9.84 Å². The van der Waals surface area contributed by atoms with Crippen LogP contribution in [0.4, 0.5) is 0 Å². The van der Waals surface area contributed by atoms with Crippen LogP contribution >= 0.6 is 0 Å². The third-order valence-electron chi connectivity index (χ3n) is 1.72. The zero-order valence-corrected chi connectivity index (χ0v) is 6.36. The molecule has 4 heteroatoms. The molecule has 1 fully saturated rings. The zero-order valence-electron chi connectivity index (χ0n) is 5.54. The molecule has 1 saturated heterocycles. The van der Waals surface area contributed by atoms with Crippen LogP contribution in [0.15, 0.2) is 0 Å². The molecule has 0 unspecified atom stereocenters. The summed E-state index contributed by atoms with van der Waals surface area (Å²) in [5.74, 6) is 0.184. The summed E-state index contributed by atoms with van der Waals surface area (Å²) >= 11 is 0. The highest BCUT2D eigenvalue weighted by Gasteiger charge is 2.23. The van der Waals surface area contributed by atoms with Crippen molar-refractivity contribution in [2.24, 2.45) is 5.92 Å². The third-order valence-corrected chi connectivity index (χ3v) is 3.44. The first kappa shape index (κ1) is 7.72. The fourth-order valence-corrected chi connectivity index (χ4v) is 2.50. The van der Waals surface area contributed by atoms with Crippen molar-refractivity contribution in [3.05, 3.63) is 0 Å². The van der Waals surface area contributed by atoms with Gasteiger partial charge in [-0.3, -0.25) is 4.79 Å². The molecular formula is C6H9O3S. The quantitative estimate of drug-likeness (QED) is 0.540. The van der Waals surface area contributed by atoms with Gasteiger partial charge in [0.25, 0.3) is 0 Å². The number of hydrogen-bond acceptors (Lipinski definition) is 3.